The van der Waals surface area contributed by atoms with Crippen molar-refractivity contribution in [3.63, 3.8) is 0 Å². The van der Waals surface area contributed by atoms with E-state index in [1.807, 2.05) is 0 Å². The maximum absolute atomic E-state index is 12.5. The van der Waals surface area contributed by atoms with Crippen LogP contribution in [0.25, 0.3) is 0 Å². The molecule has 0 aliphatic heterocycles. The van der Waals surface area contributed by atoms with Crippen LogP contribution in [0.5, 0.6) is 0 Å². The summed E-state index contributed by atoms with van der Waals surface area (Å²) in [5, 5.41) is 2.78. The minimum atomic E-state index is -0.745. The highest BCUT2D eigenvalue weighted by Gasteiger charge is 2.28. The third-order valence-electron chi connectivity index (χ3n) is 2.62. The zero-order chi connectivity index (χ0) is 19.3. The predicted octanol–water partition coefficient (Wildman–Crippen LogP) is 3.43. The van der Waals surface area contributed by atoms with E-state index in [0.29, 0.717) is 5.69 Å². The fraction of sp³-hybridized carbons (Fsp3) is 0.588. The lowest BCUT2D eigenvalue weighted by atomic mass is 10.2. The van der Waals surface area contributed by atoms with E-state index in [9.17, 15) is 14.5 Å². The number of hydrogen-bond acceptors (Lipinski definition) is 7. The molecule has 0 radical (unpaired) electrons. The molecule has 25 heavy (non-hydrogen) atoms. The van der Waals surface area contributed by atoms with E-state index < -0.39 is 23.3 Å². The van der Waals surface area contributed by atoms with Crippen LogP contribution in [0.1, 0.15) is 47.2 Å². The van der Waals surface area contributed by atoms with Crippen LogP contribution >= 0.6 is 0 Å². The molecule has 138 valence electrons. The molecule has 0 aromatic carbocycles. The van der Waals surface area contributed by atoms with E-state index in [1.165, 1.54) is 0 Å². The van der Waals surface area contributed by atoms with Crippen LogP contribution in [0.3, 0.4) is 0 Å². The second-order valence-corrected chi connectivity index (χ2v) is 7.43. The summed E-state index contributed by atoms with van der Waals surface area (Å²) in [7, 11) is 0. The topological polar surface area (TPSA) is 98.2 Å². The summed E-state index contributed by atoms with van der Waals surface area (Å²) in [4.78, 5) is 40.4. The molecule has 0 fully saturated rings. The summed E-state index contributed by atoms with van der Waals surface area (Å²) in [6, 6.07) is 4.77. The number of rotatable bonds is 5. The standard InChI is InChI=1S/C17H25N3O5/c1-16(2,3)24-14(21)11-20(15(22)25-17(4,5)6)13-9-7-8-12(19-13)10-18-23/h7-9H,10-11H2,1-6H3. The lowest BCUT2D eigenvalue weighted by Crippen LogP contribution is -2.42. The summed E-state index contributed by atoms with van der Waals surface area (Å²) in [6.07, 6.45) is -0.734. The van der Waals surface area contributed by atoms with Gasteiger partial charge in [-0.25, -0.2) is 9.78 Å². The minimum absolute atomic E-state index is 0.136. The van der Waals surface area contributed by atoms with E-state index in [4.69, 9.17) is 9.47 Å². The monoisotopic (exact) mass is 351 g/mol. The Kier molecular flexibility index (Phi) is 6.61. The smallest absolute Gasteiger partial charge is 0.416 e. The van der Waals surface area contributed by atoms with Crippen molar-refractivity contribution in [2.45, 2.75) is 59.3 Å². The zero-order valence-corrected chi connectivity index (χ0v) is 15.5. The van der Waals surface area contributed by atoms with Crippen LogP contribution in [-0.4, -0.2) is 34.8 Å². The van der Waals surface area contributed by atoms with Crippen LogP contribution < -0.4 is 4.90 Å². The molecule has 0 unspecified atom stereocenters. The second-order valence-electron chi connectivity index (χ2n) is 7.43. The predicted molar refractivity (Wildman–Crippen MR) is 93.2 cm³/mol. The molecule has 8 heteroatoms. The number of amides is 1. The fourth-order valence-corrected chi connectivity index (χ4v) is 1.83. The number of carbonyl (C=O) groups is 2. The Morgan fingerprint density at radius 1 is 1.08 bits per heavy atom. The molecular weight excluding hydrogens is 326 g/mol. The van der Waals surface area contributed by atoms with Crippen molar-refractivity contribution in [3.8, 4) is 0 Å². The van der Waals surface area contributed by atoms with Crippen LogP contribution in [-0.2, 0) is 20.8 Å². The largest absolute Gasteiger partial charge is 0.459 e. The van der Waals surface area contributed by atoms with E-state index in [1.54, 1.807) is 59.7 Å². The number of nitroso groups, excluding NO2 is 1. The van der Waals surface area contributed by atoms with Crippen molar-refractivity contribution in [2.75, 3.05) is 11.4 Å². The Morgan fingerprint density at radius 2 is 1.68 bits per heavy atom. The molecular formula is C17H25N3O5. The Labute approximate surface area is 147 Å². The zero-order valence-electron chi connectivity index (χ0n) is 15.5. The number of aromatic nitrogens is 1. The molecule has 0 saturated carbocycles. The molecule has 8 nitrogen and oxygen atoms in total. The molecule has 0 saturated heterocycles. The van der Waals surface area contributed by atoms with Gasteiger partial charge in [-0.3, -0.25) is 9.69 Å². The van der Waals surface area contributed by atoms with Crippen LogP contribution in [0.15, 0.2) is 23.4 Å². The average molecular weight is 351 g/mol. The van der Waals surface area contributed by atoms with Crippen LogP contribution in [0.2, 0.25) is 0 Å². The van der Waals surface area contributed by atoms with Gasteiger partial charge in [0.1, 0.15) is 30.1 Å². The number of esters is 1. The van der Waals surface area contributed by atoms with Gasteiger partial charge in [-0.15, -0.1) is 0 Å². The third-order valence-corrected chi connectivity index (χ3v) is 2.62. The highest BCUT2D eigenvalue weighted by atomic mass is 16.6. The van der Waals surface area contributed by atoms with Crippen molar-refractivity contribution in [3.05, 3.63) is 28.8 Å². The summed E-state index contributed by atoms with van der Waals surface area (Å²) < 4.78 is 10.6. The van der Waals surface area contributed by atoms with Crippen molar-refractivity contribution in [1.82, 2.24) is 4.98 Å². The van der Waals surface area contributed by atoms with Crippen molar-refractivity contribution in [1.29, 1.82) is 0 Å². The maximum atomic E-state index is 12.5. The van der Waals surface area contributed by atoms with E-state index in [-0.39, 0.29) is 18.9 Å². The van der Waals surface area contributed by atoms with Gasteiger partial charge < -0.3 is 9.47 Å². The molecule has 0 spiro atoms. The highest BCUT2D eigenvalue weighted by molar-refractivity contribution is 5.92. The fourth-order valence-electron chi connectivity index (χ4n) is 1.83. The van der Waals surface area contributed by atoms with Gasteiger partial charge in [0.05, 0.1) is 5.69 Å². The van der Waals surface area contributed by atoms with Gasteiger partial charge >= 0.3 is 12.1 Å². The average Bonchev–Trinajstić information content (AvgIpc) is 2.41. The van der Waals surface area contributed by atoms with E-state index in [2.05, 4.69) is 10.2 Å². The molecule has 0 bridgehead atoms. The summed E-state index contributed by atoms with van der Waals surface area (Å²) >= 11 is 0. The Balaban J connectivity index is 3.10. The quantitative estimate of drug-likeness (QED) is 0.595. The first kappa shape index (κ1) is 20.5. The number of carbonyl (C=O) groups excluding carboxylic acids is 2. The Morgan fingerprint density at radius 3 is 2.20 bits per heavy atom. The van der Waals surface area contributed by atoms with E-state index >= 15 is 0 Å². The molecule has 0 N–H and O–H groups in total. The van der Waals surface area contributed by atoms with Crippen LogP contribution in [0, 0.1) is 4.91 Å². The molecule has 1 heterocycles. The second kappa shape index (κ2) is 8.04. The highest BCUT2D eigenvalue weighted by Crippen LogP contribution is 2.18. The molecule has 1 rings (SSSR count). The maximum Gasteiger partial charge on any atom is 0.416 e. The molecule has 1 aromatic heterocycles. The van der Waals surface area contributed by atoms with Gasteiger partial charge in [0.2, 0.25) is 0 Å². The number of hydrogen-bond donors (Lipinski definition) is 0. The summed E-state index contributed by atoms with van der Waals surface area (Å²) in [5.41, 5.74) is -1.05. The number of pyridine rings is 1. The third kappa shape index (κ3) is 7.73. The SMILES string of the molecule is CC(C)(C)OC(=O)CN(C(=O)OC(C)(C)C)c1cccc(CN=O)n1. The first-order chi connectivity index (χ1) is 11.4. The number of nitrogens with zero attached hydrogens (tertiary/aromatic N) is 3. The lowest BCUT2D eigenvalue weighted by molar-refractivity contribution is -0.153. The van der Waals surface area contributed by atoms with Crippen molar-refractivity contribution < 1.29 is 19.1 Å². The Bertz CT molecular complexity index is 632. The summed E-state index contributed by atoms with van der Waals surface area (Å²) in [5.74, 6) is -0.416. The normalized spacial score (nSPS) is 11.6. The molecule has 1 amide bonds. The molecule has 1 aromatic rings. The first-order valence-electron chi connectivity index (χ1n) is 7.89. The van der Waals surface area contributed by atoms with Crippen LogP contribution in [0.4, 0.5) is 10.6 Å². The molecule has 0 aliphatic rings. The number of ether oxygens (including phenoxy) is 2. The van der Waals surface area contributed by atoms with Gasteiger partial charge in [0.25, 0.3) is 0 Å². The van der Waals surface area contributed by atoms with Gasteiger partial charge in [-0.2, -0.15) is 4.91 Å². The van der Waals surface area contributed by atoms with Crippen molar-refractivity contribution in [2.24, 2.45) is 5.18 Å². The van der Waals surface area contributed by atoms with Gasteiger partial charge in [0.15, 0.2) is 0 Å². The Hall–Kier alpha value is -2.51. The molecule has 0 atom stereocenters. The first-order valence-corrected chi connectivity index (χ1v) is 7.89. The van der Waals surface area contributed by atoms with Gasteiger partial charge in [-0.05, 0) is 53.7 Å². The summed E-state index contributed by atoms with van der Waals surface area (Å²) in [6.45, 7) is 9.86. The van der Waals surface area contributed by atoms with Gasteiger partial charge in [-0.1, -0.05) is 11.2 Å². The lowest BCUT2D eigenvalue weighted by Gasteiger charge is -2.27. The molecule has 0 aliphatic carbocycles. The minimum Gasteiger partial charge on any atom is -0.459 e. The van der Waals surface area contributed by atoms with Gasteiger partial charge in [0, 0.05) is 0 Å². The van der Waals surface area contributed by atoms with Crippen molar-refractivity contribution >= 4 is 17.9 Å². The van der Waals surface area contributed by atoms with E-state index in [0.717, 1.165) is 4.90 Å². The number of anilines is 1.